The maximum Gasteiger partial charge on any atom is 0.193 e. The van der Waals surface area contributed by atoms with Crippen LogP contribution in [0.4, 0.5) is 0 Å². The molecular weight excluding hydrogens is 437 g/mol. The van der Waals surface area contributed by atoms with Gasteiger partial charge in [0.15, 0.2) is 8.32 Å². The number of benzene rings is 3. The number of nitrogens with zero attached hydrogens (tertiary/aromatic N) is 1. The van der Waals surface area contributed by atoms with Crippen molar-refractivity contribution >= 4 is 37.8 Å². The monoisotopic (exact) mass is 471 g/mol. The zero-order valence-corrected chi connectivity index (χ0v) is 22.2. The summed E-state index contributed by atoms with van der Waals surface area (Å²) in [6.07, 6.45) is 0.864. The van der Waals surface area contributed by atoms with Gasteiger partial charge in [0.05, 0.1) is 17.3 Å². The van der Waals surface area contributed by atoms with Crippen molar-refractivity contribution in [3.63, 3.8) is 0 Å². The van der Waals surface area contributed by atoms with E-state index in [9.17, 15) is 0 Å². The summed E-state index contributed by atoms with van der Waals surface area (Å²) < 4.78 is 7.10. The molecule has 2 nitrogen and oxygen atoms in total. The number of fused-ring (bicyclic) bond motifs is 1. The van der Waals surface area contributed by atoms with Crippen LogP contribution in [0.5, 0.6) is 0 Å². The molecule has 0 aliphatic heterocycles. The summed E-state index contributed by atoms with van der Waals surface area (Å²) >= 11 is 0. The zero-order valence-electron chi connectivity index (χ0n) is 20.3. The Morgan fingerprint density at radius 2 is 1.30 bits per heavy atom. The van der Waals surface area contributed by atoms with E-state index < -0.39 is 16.2 Å². The minimum atomic E-state index is -2.02. The highest BCUT2D eigenvalue weighted by atomic mass is 31.1. The fourth-order valence-corrected chi connectivity index (χ4v) is 7.51. The van der Waals surface area contributed by atoms with Crippen molar-refractivity contribution in [2.75, 3.05) is 6.16 Å². The highest BCUT2D eigenvalue weighted by molar-refractivity contribution is 7.73. The summed E-state index contributed by atoms with van der Waals surface area (Å²) in [5, 5.41) is 4.05. The van der Waals surface area contributed by atoms with E-state index >= 15 is 0 Å². The first kappa shape index (κ1) is 23.8. The molecule has 0 radical (unpaired) electrons. The Morgan fingerprint density at radius 1 is 0.758 bits per heavy atom. The molecule has 0 aliphatic carbocycles. The fourth-order valence-electron chi connectivity index (χ4n) is 3.73. The van der Waals surface area contributed by atoms with Crippen molar-refractivity contribution in [2.45, 2.75) is 45.0 Å². The summed E-state index contributed by atoms with van der Waals surface area (Å²) in [5.41, 5.74) is 2.07. The molecule has 0 saturated carbocycles. The minimum absolute atomic E-state index is 0.0537. The van der Waals surface area contributed by atoms with Gasteiger partial charge >= 0.3 is 0 Å². The number of hydrogen-bond donors (Lipinski definition) is 0. The second-order valence-corrected chi connectivity index (χ2v) is 17.1. The van der Waals surface area contributed by atoms with Crippen LogP contribution in [0, 0.1) is 0 Å². The van der Waals surface area contributed by atoms with E-state index in [1.807, 2.05) is 0 Å². The molecule has 0 bridgehead atoms. The Balaban J connectivity index is 1.78. The van der Waals surface area contributed by atoms with Crippen molar-refractivity contribution in [1.29, 1.82) is 0 Å². The minimum Gasteiger partial charge on any atom is -0.408 e. The predicted molar refractivity (Wildman–Crippen MR) is 147 cm³/mol. The van der Waals surface area contributed by atoms with Crippen LogP contribution in [0.25, 0.3) is 10.9 Å². The fraction of sp³-hybridized carbons (Fsp3) is 0.276. The molecule has 0 unspecified atom stereocenters. The van der Waals surface area contributed by atoms with Crippen LogP contribution in [0.1, 0.15) is 32.6 Å². The lowest BCUT2D eigenvalue weighted by Crippen LogP contribution is -2.42. The first-order valence-corrected chi connectivity index (χ1v) is 16.1. The van der Waals surface area contributed by atoms with Crippen LogP contribution in [-0.2, 0) is 4.43 Å². The van der Waals surface area contributed by atoms with Crippen LogP contribution < -0.4 is 10.6 Å². The Kier molecular flexibility index (Phi) is 7.14. The number of para-hydroxylation sites is 1. The summed E-state index contributed by atoms with van der Waals surface area (Å²) in [6.45, 7) is 11.6. The van der Waals surface area contributed by atoms with Gasteiger partial charge in [-0.25, -0.2) is 0 Å². The first-order chi connectivity index (χ1) is 15.7. The molecule has 0 fully saturated rings. The van der Waals surface area contributed by atoms with Crippen molar-refractivity contribution in [2.24, 2.45) is 0 Å². The van der Waals surface area contributed by atoms with E-state index in [0.29, 0.717) is 0 Å². The van der Waals surface area contributed by atoms with Gasteiger partial charge < -0.3 is 4.43 Å². The van der Waals surface area contributed by atoms with Crippen molar-refractivity contribution in [1.82, 2.24) is 4.98 Å². The van der Waals surface area contributed by atoms with E-state index in [2.05, 4.69) is 131 Å². The number of aromatic nitrogens is 1. The van der Waals surface area contributed by atoms with E-state index in [1.54, 1.807) is 0 Å². The molecule has 0 N–H and O–H groups in total. The Hall–Kier alpha value is -2.32. The van der Waals surface area contributed by atoms with Crippen LogP contribution in [0.3, 0.4) is 0 Å². The van der Waals surface area contributed by atoms with Crippen LogP contribution in [0.2, 0.25) is 18.1 Å². The lowest BCUT2D eigenvalue weighted by atomic mass is 10.1. The molecule has 3 aromatic carbocycles. The topological polar surface area (TPSA) is 22.1 Å². The van der Waals surface area contributed by atoms with Crippen LogP contribution in [0.15, 0.2) is 97.1 Å². The predicted octanol–water partition coefficient (Wildman–Crippen LogP) is 7.43. The van der Waals surface area contributed by atoms with E-state index in [1.165, 1.54) is 16.0 Å². The smallest absolute Gasteiger partial charge is 0.193 e. The molecule has 0 amide bonds. The molecule has 4 heteroatoms. The summed E-state index contributed by atoms with van der Waals surface area (Å²) in [4.78, 5) is 5.09. The third-order valence-electron chi connectivity index (χ3n) is 6.68. The van der Waals surface area contributed by atoms with Crippen molar-refractivity contribution in [3.05, 3.63) is 103 Å². The second kappa shape index (κ2) is 9.89. The summed E-state index contributed by atoms with van der Waals surface area (Å²) in [6, 6.07) is 34.5. The molecule has 1 aromatic heterocycles. The van der Waals surface area contributed by atoms with E-state index in [-0.39, 0.29) is 11.1 Å². The molecular formula is C29H34NOPSi. The average Bonchev–Trinajstić information content (AvgIpc) is 2.81. The third-order valence-corrected chi connectivity index (χ3v) is 13.7. The normalized spacial score (nSPS) is 13.4. The third kappa shape index (κ3) is 5.61. The van der Waals surface area contributed by atoms with Crippen molar-refractivity contribution < 1.29 is 4.43 Å². The molecule has 0 spiro atoms. The molecule has 1 atom stereocenters. The Labute approximate surface area is 200 Å². The molecule has 4 aromatic rings. The summed E-state index contributed by atoms with van der Waals surface area (Å²) in [7, 11) is -2.61. The van der Waals surface area contributed by atoms with E-state index in [4.69, 9.17) is 9.41 Å². The van der Waals surface area contributed by atoms with E-state index in [0.717, 1.165) is 17.4 Å². The Bertz CT molecular complexity index is 1150. The first-order valence-electron chi connectivity index (χ1n) is 11.7. The molecule has 33 heavy (non-hydrogen) atoms. The molecule has 0 saturated heterocycles. The standard InChI is InChI=1S/C29H34NOPSi/c1-29(2,3)33(4,5)31-28(27-21-20-23-14-12-13-19-26(23)30-27)22-32(24-15-8-6-9-16-24)25-17-10-7-11-18-25/h6-21,28H,22H2,1-5H3/t28-/m0/s1. The SMILES string of the molecule is CC(C)(C)[Si](C)(C)O[C@@H](CP(c1ccccc1)c1ccccc1)c1ccc2ccccc2n1. The average molecular weight is 472 g/mol. The lowest BCUT2D eigenvalue weighted by molar-refractivity contribution is 0.202. The zero-order chi connectivity index (χ0) is 23.5. The van der Waals surface area contributed by atoms with Gasteiger partial charge in [0.2, 0.25) is 0 Å². The maximum absolute atomic E-state index is 7.10. The number of rotatable bonds is 7. The van der Waals surface area contributed by atoms with Crippen LogP contribution >= 0.6 is 7.92 Å². The van der Waals surface area contributed by atoms with Gasteiger partial charge in [-0.05, 0) is 48.8 Å². The number of pyridine rings is 1. The van der Waals surface area contributed by atoms with Gasteiger partial charge in [-0.1, -0.05) is 106 Å². The largest absolute Gasteiger partial charge is 0.408 e. The number of hydrogen-bond acceptors (Lipinski definition) is 2. The van der Waals surface area contributed by atoms with Gasteiger partial charge in [-0.2, -0.15) is 0 Å². The lowest BCUT2D eigenvalue weighted by Gasteiger charge is -2.40. The van der Waals surface area contributed by atoms with Gasteiger partial charge in [0.1, 0.15) is 0 Å². The van der Waals surface area contributed by atoms with Crippen LogP contribution in [-0.4, -0.2) is 19.5 Å². The quantitative estimate of drug-likeness (QED) is 0.206. The highest BCUT2D eigenvalue weighted by Crippen LogP contribution is 2.44. The molecule has 0 aliphatic rings. The Morgan fingerprint density at radius 3 is 1.88 bits per heavy atom. The molecule has 4 rings (SSSR count). The van der Waals surface area contributed by atoms with Gasteiger partial charge in [-0.15, -0.1) is 0 Å². The van der Waals surface area contributed by atoms with Gasteiger partial charge in [0, 0.05) is 11.5 Å². The highest BCUT2D eigenvalue weighted by Gasteiger charge is 2.40. The second-order valence-electron chi connectivity index (χ2n) is 10.1. The van der Waals surface area contributed by atoms with Gasteiger partial charge in [0.25, 0.3) is 0 Å². The maximum atomic E-state index is 7.10. The molecule has 1 heterocycles. The summed E-state index contributed by atoms with van der Waals surface area (Å²) in [5.74, 6) is 0. The van der Waals surface area contributed by atoms with Gasteiger partial charge in [-0.3, -0.25) is 4.98 Å². The van der Waals surface area contributed by atoms with Crippen molar-refractivity contribution in [3.8, 4) is 0 Å². The molecule has 170 valence electrons.